The topological polar surface area (TPSA) is 51.3 Å². The van der Waals surface area contributed by atoms with E-state index in [0.29, 0.717) is 6.54 Å². The maximum Gasteiger partial charge on any atom is 0.242 e. The molecule has 0 bridgehead atoms. The maximum atomic E-state index is 12.5. The van der Waals surface area contributed by atoms with Gasteiger partial charge in [-0.25, -0.2) is 0 Å². The second-order valence-corrected chi connectivity index (χ2v) is 7.44. The third-order valence-corrected chi connectivity index (χ3v) is 4.95. The minimum atomic E-state index is 0.107. The van der Waals surface area contributed by atoms with Crippen LogP contribution < -0.4 is 5.73 Å². The summed E-state index contributed by atoms with van der Waals surface area (Å²) in [4.78, 5) is 14.5. The summed E-state index contributed by atoms with van der Waals surface area (Å²) >= 11 is 0. The summed E-state index contributed by atoms with van der Waals surface area (Å²) in [6.07, 6.45) is 7.63. The number of nitrogens with two attached hydrogens (primary N) is 1. The largest absolute Gasteiger partial charge is 0.342 e. The van der Waals surface area contributed by atoms with Gasteiger partial charge in [0.2, 0.25) is 5.91 Å². The van der Waals surface area contributed by atoms with Crippen molar-refractivity contribution in [1.82, 2.24) is 9.47 Å². The van der Waals surface area contributed by atoms with E-state index in [2.05, 4.69) is 24.5 Å². The minimum absolute atomic E-state index is 0.107. The van der Waals surface area contributed by atoms with Crippen molar-refractivity contribution in [1.29, 1.82) is 0 Å². The standard InChI is InChI=1S/C17H27N3O/c1-17(2)10-14(18)13-6-9-20(15(13)11-17)12-16(21)19-7-4-3-5-8-19/h6,9,14H,3-5,7-8,10-12,18H2,1-2H3. The van der Waals surface area contributed by atoms with Gasteiger partial charge >= 0.3 is 0 Å². The molecule has 1 aromatic heterocycles. The van der Waals surface area contributed by atoms with Crippen molar-refractivity contribution >= 4 is 5.91 Å². The molecular formula is C17H27N3O. The van der Waals surface area contributed by atoms with Crippen molar-refractivity contribution in [3.63, 3.8) is 0 Å². The van der Waals surface area contributed by atoms with Crippen LogP contribution in [-0.4, -0.2) is 28.5 Å². The fourth-order valence-corrected chi connectivity index (χ4v) is 3.83. The van der Waals surface area contributed by atoms with E-state index in [9.17, 15) is 4.79 Å². The summed E-state index contributed by atoms with van der Waals surface area (Å²) in [5.41, 5.74) is 9.02. The van der Waals surface area contributed by atoms with E-state index >= 15 is 0 Å². The molecule has 4 heteroatoms. The molecule has 0 spiro atoms. The van der Waals surface area contributed by atoms with Crippen LogP contribution in [0.1, 0.15) is 56.8 Å². The third-order valence-electron chi connectivity index (χ3n) is 4.95. The Kier molecular flexibility index (Phi) is 3.82. The number of amides is 1. The zero-order valence-electron chi connectivity index (χ0n) is 13.3. The van der Waals surface area contributed by atoms with Crippen molar-refractivity contribution in [2.45, 2.75) is 58.5 Å². The fraction of sp³-hybridized carbons (Fsp3) is 0.706. The van der Waals surface area contributed by atoms with E-state index in [1.54, 1.807) is 0 Å². The Morgan fingerprint density at radius 3 is 2.76 bits per heavy atom. The van der Waals surface area contributed by atoms with Gasteiger partial charge < -0.3 is 15.2 Å². The van der Waals surface area contributed by atoms with Crippen LogP contribution in [-0.2, 0) is 17.8 Å². The van der Waals surface area contributed by atoms with Crippen LogP contribution in [0.15, 0.2) is 12.3 Å². The first-order chi connectivity index (χ1) is 9.96. The molecule has 2 heterocycles. The lowest BCUT2D eigenvalue weighted by Crippen LogP contribution is -2.38. The molecule has 0 aromatic carbocycles. The van der Waals surface area contributed by atoms with Gasteiger partial charge in [-0.1, -0.05) is 13.8 Å². The SMILES string of the molecule is CC1(C)Cc2c(ccn2CC(=O)N2CCCCC2)C(N)C1. The van der Waals surface area contributed by atoms with Gasteiger partial charge in [0.1, 0.15) is 6.54 Å². The summed E-state index contributed by atoms with van der Waals surface area (Å²) in [6, 6.07) is 2.22. The molecule has 2 aliphatic rings. The van der Waals surface area contributed by atoms with E-state index in [0.717, 1.165) is 38.8 Å². The second kappa shape index (κ2) is 5.48. The van der Waals surface area contributed by atoms with Crippen LogP contribution in [0.3, 0.4) is 0 Å². The van der Waals surface area contributed by atoms with Crippen LogP contribution in [0, 0.1) is 5.41 Å². The highest BCUT2D eigenvalue weighted by Gasteiger charge is 2.32. The van der Waals surface area contributed by atoms with Crippen molar-refractivity contribution in [2.24, 2.45) is 11.1 Å². The normalized spacial score (nSPS) is 24.7. The second-order valence-electron chi connectivity index (χ2n) is 7.44. The van der Waals surface area contributed by atoms with E-state index in [1.807, 2.05) is 11.1 Å². The lowest BCUT2D eigenvalue weighted by atomic mass is 9.74. The smallest absolute Gasteiger partial charge is 0.242 e. The molecule has 1 atom stereocenters. The molecule has 1 aliphatic carbocycles. The molecule has 0 radical (unpaired) electrons. The number of fused-ring (bicyclic) bond motifs is 1. The minimum Gasteiger partial charge on any atom is -0.342 e. The highest BCUT2D eigenvalue weighted by molar-refractivity contribution is 5.76. The molecule has 0 saturated carbocycles. The number of rotatable bonds is 2. The van der Waals surface area contributed by atoms with Gasteiger partial charge in [0.15, 0.2) is 0 Å². The Hall–Kier alpha value is -1.29. The van der Waals surface area contributed by atoms with Crippen LogP contribution in [0.2, 0.25) is 0 Å². The lowest BCUT2D eigenvalue weighted by Gasteiger charge is -2.35. The number of nitrogens with zero attached hydrogens (tertiary/aromatic N) is 2. The molecule has 1 saturated heterocycles. The molecule has 21 heavy (non-hydrogen) atoms. The highest BCUT2D eigenvalue weighted by atomic mass is 16.2. The first-order valence-electron chi connectivity index (χ1n) is 8.17. The number of carbonyl (C=O) groups is 1. The highest BCUT2D eigenvalue weighted by Crippen LogP contribution is 2.39. The number of piperidine rings is 1. The number of likely N-dealkylation sites (tertiary alicyclic amines) is 1. The van der Waals surface area contributed by atoms with Crippen molar-refractivity contribution in [2.75, 3.05) is 13.1 Å². The van der Waals surface area contributed by atoms with Crippen molar-refractivity contribution in [3.05, 3.63) is 23.5 Å². The maximum absolute atomic E-state index is 12.5. The van der Waals surface area contributed by atoms with Gasteiger partial charge in [0.05, 0.1) is 0 Å². The average Bonchev–Trinajstić information content (AvgIpc) is 2.81. The Labute approximate surface area is 127 Å². The first-order valence-corrected chi connectivity index (χ1v) is 8.17. The summed E-state index contributed by atoms with van der Waals surface area (Å²) in [5, 5.41) is 0. The third kappa shape index (κ3) is 3.00. The fourth-order valence-electron chi connectivity index (χ4n) is 3.83. The molecule has 1 unspecified atom stereocenters. The van der Waals surface area contributed by atoms with Crippen molar-refractivity contribution in [3.8, 4) is 0 Å². The van der Waals surface area contributed by atoms with Gasteiger partial charge in [-0.2, -0.15) is 0 Å². The van der Waals surface area contributed by atoms with Gasteiger partial charge in [-0.05, 0) is 49.1 Å². The molecule has 2 N–H and O–H groups in total. The summed E-state index contributed by atoms with van der Waals surface area (Å²) in [7, 11) is 0. The molecule has 1 fully saturated rings. The zero-order chi connectivity index (χ0) is 15.0. The van der Waals surface area contributed by atoms with E-state index in [-0.39, 0.29) is 17.4 Å². The Balaban J connectivity index is 1.76. The number of hydrogen-bond acceptors (Lipinski definition) is 2. The Morgan fingerprint density at radius 2 is 2.05 bits per heavy atom. The van der Waals surface area contributed by atoms with Crippen LogP contribution >= 0.6 is 0 Å². The van der Waals surface area contributed by atoms with Crippen molar-refractivity contribution < 1.29 is 4.79 Å². The summed E-state index contributed by atoms with van der Waals surface area (Å²) in [6.45, 7) is 6.85. The Morgan fingerprint density at radius 1 is 1.33 bits per heavy atom. The molecule has 4 nitrogen and oxygen atoms in total. The zero-order valence-corrected chi connectivity index (χ0v) is 13.3. The molecular weight excluding hydrogens is 262 g/mol. The molecule has 1 aromatic rings. The van der Waals surface area contributed by atoms with Gasteiger partial charge in [0, 0.05) is 31.0 Å². The molecule has 1 amide bonds. The van der Waals surface area contributed by atoms with E-state index in [4.69, 9.17) is 5.73 Å². The van der Waals surface area contributed by atoms with Crippen LogP contribution in [0.25, 0.3) is 0 Å². The molecule has 3 rings (SSSR count). The number of aromatic nitrogens is 1. The predicted octanol–water partition coefficient (Wildman–Crippen LogP) is 2.47. The van der Waals surface area contributed by atoms with Gasteiger partial charge in [-0.15, -0.1) is 0 Å². The van der Waals surface area contributed by atoms with Gasteiger partial charge in [0.25, 0.3) is 0 Å². The summed E-state index contributed by atoms with van der Waals surface area (Å²) in [5.74, 6) is 0.255. The monoisotopic (exact) mass is 289 g/mol. The van der Waals surface area contributed by atoms with E-state index < -0.39 is 0 Å². The van der Waals surface area contributed by atoms with Gasteiger partial charge in [-0.3, -0.25) is 4.79 Å². The molecule has 1 aliphatic heterocycles. The molecule has 116 valence electrons. The first kappa shape index (κ1) is 14.6. The van der Waals surface area contributed by atoms with Crippen LogP contribution in [0.5, 0.6) is 0 Å². The summed E-state index contributed by atoms with van der Waals surface area (Å²) < 4.78 is 2.13. The van der Waals surface area contributed by atoms with E-state index in [1.165, 1.54) is 17.7 Å². The number of hydrogen-bond donors (Lipinski definition) is 1. The number of carbonyl (C=O) groups excluding carboxylic acids is 1. The Bertz CT molecular complexity index is 526. The predicted molar refractivity (Wildman–Crippen MR) is 83.9 cm³/mol. The van der Waals surface area contributed by atoms with Crippen LogP contribution in [0.4, 0.5) is 0 Å². The average molecular weight is 289 g/mol. The lowest BCUT2D eigenvalue weighted by molar-refractivity contribution is -0.132. The quantitative estimate of drug-likeness (QED) is 0.909.